The van der Waals surface area contributed by atoms with Crippen LogP contribution in [0.1, 0.15) is 23.2 Å². The molecule has 5 heteroatoms. The number of amides is 1. The number of anilines is 1. The predicted octanol–water partition coefficient (Wildman–Crippen LogP) is 1.45. The van der Waals surface area contributed by atoms with Gasteiger partial charge in [0.1, 0.15) is 0 Å². The summed E-state index contributed by atoms with van der Waals surface area (Å²) in [7, 11) is 0. The third kappa shape index (κ3) is 3.78. The number of carbonyl (C=O) groups is 1. The molecule has 120 valence electrons. The summed E-state index contributed by atoms with van der Waals surface area (Å²) in [5, 5.41) is 0. The molecular weight excluding hydrogens is 278 g/mol. The number of nitrogens with two attached hydrogens (primary N) is 1. The molecule has 0 aliphatic carbocycles. The summed E-state index contributed by atoms with van der Waals surface area (Å²) in [6, 6.07) is 7.28. The third-order valence-corrected chi connectivity index (χ3v) is 4.56. The van der Waals surface area contributed by atoms with Crippen molar-refractivity contribution in [2.75, 3.05) is 51.7 Å². The van der Waals surface area contributed by atoms with Crippen molar-refractivity contribution in [3.8, 4) is 0 Å². The van der Waals surface area contributed by atoms with Gasteiger partial charge in [0.05, 0.1) is 13.2 Å². The van der Waals surface area contributed by atoms with Crippen molar-refractivity contribution in [3.63, 3.8) is 0 Å². The zero-order valence-corrected chi connectivity index (χ0v) is 13.0. The average Bonchev–Trinajstić information content (AvgIpc) is 2.55. The summed E-state index contributed by atoms with van der Waals surface area (Å²) < 4.78 is 5.40. The number of nitrogens with zero attached hydrogens (tertiary/aromatic N) is 2. The van der Waals surface area contributed by atoms with Gasteiger partial charge in [-0.1, -0.05) is 6.07 Å². The average molecular weight is 303 g/mol. The van der Waals surface area contributed by atoms with Gasteiger partial charge in [-0.15, -0.1) is 0 Å². The second kappa shape index (κ2) is 7.11. The fourth-order valence-corrected chi connectivity index (χ4v) is 3.40. The molecule has 0 bridgehead atoms. The van der Waals surface area contributed by atoms with Gasteiger partial charge < -0.3 is 15.4 Å². The lowest BCUT2D eigenvalue weighted by molar-refractivity contribution is 0.0224. The molecule has 1 unspecified atom stereocenters. The highest BCUT2D eigenvalue weighted by Gasteiger charge is 2.26. The number of ether oxygens (including phenoxy) is 1. The second-order valence-electron chi connectivity index (χ2n) is 6.30. The normalized spacial score (nSPS) is 23.5. The Kier molecular flexibility index (Phi) is 4.95. The fraction of sp³-hybridized carbons (Fsp3) is 0.588. The van der Waals surface area contributed by atoms with E-state index >= 15 is 0 Å². The molecular formula is C17H25N3O2. The number of likely N-dealkylation sites (tertiary alicyclic amines) is 1. The lowest BCUT2D eigenvalue weighted by Crippen LogP contribution is -2.46. The Hall–Kier alpha value is -1.59. The van der Waals surface area contributed by atoms with Gasteiger partial charge >= 0.3 is 0 Å². The first kappa shape index (κ1) is 15.3. The number of hydrogen-bond acceptors (Lipinski definition) is 4. The molecule has 2 heterocycles. The molecule has 22 heavy (non-hydrogen) atoms. The van der Waals surface area contributed by atoms with E-state index in [1.165, 1.54) is 6.42 Å². The van der Waals surface area contributed by atoms with E-state index in [1.807, 2.05) is 23.1 Å². The quantitative estimate of drug-likeness (QED) is 0.859. The fourth-order valence-electron chi connectivity index (χ4n) is 3.40. The molecule has 5 nitrogen and oxygen atoms in total. The summed E-state index contributed by atoms with van der Waals surface area (Å²) >= 11 is 0. The Morgan fingerprint density at radius 1 is 1.27 bits per heavy atom. The molecule has 2 N–H and O–H groups in total. The number of carbonyl (C=O) groups excluding carboxylic acids is 1. The van der Waals surface area contributed by atoms with Gasteiger partial charge in [-0.3, -0.25) is 9.69 Å². The van der Waals surface area contributed by atoms with Gasteiger partial charge in [0, 0.05) is 44.0 Å². The van der Waals surface area contributed by atoms with E-state index in [0.717, 1.165) is 52.4 Å². The number of rotatable bonds is 3. The predicted molar refractivity (Wildman–Crippen MR) is 86.7 cm³/mol. The molecule has 1 atom stereocenters. The lowest BCUT2D eigenvalue weighted by Gasteiger charge is -2.36. The van der Waals surface area contributed by atoms with Crippen LogP contribution in [-0.4, -0.2) is 61.6 Å². The molecule has 1 aromatic rings. The van der Waals surface area contributed by atoms with E-state index in [-0.39, 0.29) is 5.91 Å². The van der Waals surface area contributed by atoms with Crippen LogP contribution in [0.3, 0.4) is 0 Å². The van der Waals surface area contributed by atoms with Crippen LogP contribution in [0.15, 0.2) is 24.3 Å². The van der Waals surface area contributed by atoms with Gasteiger partial charge in [-0.2, -0.15) is 0 Å². The molecule has 3 rings (SSSR count). The highest BCUT2D eigenvalue weighted by Crippen LogP contribution is 2.20. The Morgan fingerprint density at radius 2 is 2.09 bits per heavy atom. The van der Waals surface area contributed by atoms with Crippen molar-refractivity contribution in [1.29, 1.82) is 0 Å². The van der Waals surface area contributed by atoms with Crippen LogP contribution < -0.4 is 5.73 Å². The maximum Gasteiger partial charge on any atom is 0.253 e. The van der Waals surface area contributed by atoms with Crippen molar-refractivity contribution in [2.24, 2.45) is 5.92 Å². The van der Waals surface area contributed by atoms with Crippen LogP contribution in [0.5, 0.6) is 0 Å². The maximum atomic E-state index is 12.6. The smallest absolute Gasteiger partial charge is 0.253 e. The van der Waals surface area contributed by atoms with E-state index in [4.69, 9.17) is 10.5 Å². The van der Waals surface area contributed by atoms with Gasteiger partial charge in [0.2, 0.25) is 0 Å². The molecule has 2 saturated heterocycles. The number of morpholine rings is 1. The standard InChI is InChI=1S/C17H25N3O2/c18-16-5-1-4-15(11-16)17(21)20-6-2-3-14(13-20)12-19-7-9-22-10-8-19/h1,4-5,11,14H,2-3,6-10,12-13,18H2. The monoisotopic (exact) mass is 303 g/mol. The number of benzene rings is 1. The van der Waals surface area contributed by atoms with Crippen molar-refractivity contribution >= 4 is 11.6 Å². The van der Waals surface area contributed by atoms with Crippen LogP contribution in [0.4, 0.5) is 5.69 Å². The summed E-state index contributed by atoms with van der Waals surface area (Å²) in [6.45, 7) is 6.47. The molecule has 2 aliphatic heterocycles. The molecule has 1 aromatic carbocycles. The van der Waals surface area contributed by atoms with Gasteiger partial charge in [0.15, 0.2) is 0 Å². The minimum atomic E-state index is 0.110. The molecule has 2 aliphatic rings. The van der Waals surface area contributed by atoms with Crippen LogP contribution in [0.25, 0.3) is 0 Å². The third-order valence-electron chi connectivity index (χ3n) is 4.56. The first-order chi connectivity index (χ1) is 10.7. The SMILES string of the molecule is Nc1cccc(C(=O)N2CCCC(CN3CCOCC3)C2)c1. The summed E-state index contributed by atoms with van der Waals surface area (Å²) in [5.41, 5.74) is 7.13. The maximum absolute atomic E-state index is 12.6. The molecule has 1 amide bonds. The lowest BCUT2D eigenvalue weighted by atomic mass is 9.96. The summed E-state index contributed by atoms with van der Waals surface area (Å²) in [6.07, 6.45) is 2.29. The zero-order chi connectivity index (χ0) is 15.4. The van der Waals surface area contributed by atoms with E-state index in [1.54, 1.807) is 6.07 Å². The summed E-state index contributed by atoms with van der Waals surface area (Å²) in [5.74, 6) is 0.677. The van der Waals surface area contributed by atoms with Crippen LogP contribution in [-0.2, 0) is 4.74 Å². The Morgan fingerprint density at radius 3 is 2.86 bits per heavy atom. The number of nitrogen functional groups attached to an aromatic ring is 1. The van der Waals surface area contributed by atoms with E-state index in [0.29, 0.717) is 17.2 Å². The van der Waals surface area contributed by atoms with E-state index in [9.17, 15) is 4.79 Å². The van der Waals surface area contributed by atoms with E-state index in [2.05, 4.69) is 4.90 Å². The van der Waals surface area contributed by atoms with Gasteiger partial charge in [0.25, 0.3) is 5.91 Å². The van der Waals surface area contributed by atoms with Crippen LogP contribution in [0.2, 0.25) is 0 Å². The largest absolute Gasteiger partial charge is 0.399 e. The van der Waals surface area contributed by atoms with Crippen LogP contribution in [0, 0.1) is 5.92 Å². The second-order valence-corrected chi connectivity index (χ2v) is 6.30. The van der Waals surface area contributed by atoms with Gasteiger partial charge in [-0.25, -0.2) is 0 Å². The van der Waals surface area contributed by atoms with Gasteiger partial charge in [-0.05, 0) is 37.0 Å². The molecule has 0 spiro atoms. The highest BCUT2D eigenvalue weighted by molar-refractivity contribution is 5.95. The Labute approximate surface area is 132 Å². The molecule has 0 saturated carbocycles. The molecule has 2 fully saturated rings. The molecule has 0 aromatic heterocycles. The van der Waals surface area contributed by atoms with Crippen molar-refractivity contribution in [1.82, 2.24) is 9.80 Å². The topological polar surface area (TPSA) is 58.8 Å². The van der Waals surface area contributed by atoms with E-state index < -0.39 is 0 Å². The minimum absolute atomic E-state index is 0.110. The Balaban J connectivity index is 1.58. The Bertz CT molecular complexity index is 514. The first-order valence-corrected chi connectivity index (χ1v) is 8.17. The van der Waals surface area contributed by atoms with Crippen molar-refractivity contribution < 1.29 is 9.53 Å². The van der Waals surface area contributed by atoms with Crippen LogP contribution >= 0.6 is 0 Å². The number of hydrogen-bond donors (Lipinski definition) is 1. The van der Waals surface area contributed by atoms with Crippen molar-refractivity contribution in [2.45, 2.75) is 12.8 Å². The first-order valence-electron chi connectivity index (χ1n) is 8.17. The highest BCUT2D eigenvalue weighted by atomic mass is 16.5. The molecule has 0 radical (unpaired) electrons. The van der Waals surface area contributed by atoms with Crippen molar-refractivity contribution in [3.05, 3.63) is 29.8 Å². The number of piperidine rings is 1. The summed E-state index contributed by atoms with van der Waals surface area (Å²) in [4.78, 5) is 17.1. The zero-order valence-electron chi connectivity index (χ0n) is 13.0. The minimum Gasteiger partial charge on any atom is -0.399 e.